The van der Waals surface area contributed by atoms with E-state index in [9.17, 15) is 18.4 Å². The van der Waals surface area contributed by atoms with Crippen molar-refractivity contribution in [2.24, 2.45) is 0 Å². The molecule has 0 aromatic heterocycles. The third-order valence-electron chi connectivity index (χ3n) is 10.8. The zero-order valence-corrected chi connectivity index (χ0v) is 40.4. The number of hydrogen-bond donors (Lipinski definition) is 0. The summed E-state index contributed by atoms with van der Waals surface area (Å²) in [6.07, 6.45) is 6.47. The van der Waals surface area contributed by atoms with E-state index in [1.807, 2.05) is 41.5 Å². The molecule has 10 nitrogen and oxygen atoms in total. The van der Waals surface area contributed by atoms with Gasteiger partial charge in [-0.2, -0.15) is 0 Å². The highest BCUT2D eigenvalue weighted by Gasteiger charge is 2.41. The van der Waals surface area contributed by atoms with Gasteiger partial charge in [-0.1, -0.05) is 80.1 Å². The maximum Gasteiger partial charge on any atom is 0.339 e. The van der Waals surface area contributed by atoms with Crippen molar-refractivity contribution in [1.29, 1.82) is 0 Å². The second-order valence-electron chi connectivity index (χ2n) is 15.9. The SMILES string of the molecule is CCCCOc1c(OCCCC)c(-c2cc(F)c(F)c(F)c2)c(C(=O)OC)c(-c2c(OCCCC)c(OCCCC)c(OCCCC)c(-c3cc(F)c(F)c(F)c3)c2C(=O)OC)c1OCCCC. The van der Waals surface area contributed by atoms with Crippen molar-refractivity contribution in [2.45, 2.75) is 119 Å². The number of unbranched alkanes of at least 4 members (excludes halogenated alkanes) is 6. The van der Waals surface area contributed by atoms with Gasteiger partial charge in [-0.3, -0.25) is 0 Å². The van der Waals surface area contributed by atoms with Crippen LogP contribution in [0.1, 0.15) is 139 Å². The van der Waals surface area contributed by atoms with E-state index < -0.39 is 69.1 Å². The van der Waals surface area contributed by atoms with E-state index >= 15 is 17.6 Å². The van der Waals surface area contributed by atoms with Crippen LogP contribution < -0.4 is 28.4 Å². The van der Waals surface area contributed by atoms with Crippen LogP contribution in [0.3, 0.4) is 0 Å². The first-order valence-electron chi connectivity index (χ1n) is 23.5. The van der Waals surface area contributed by atoms with Crippen molar-refractivity contribution in [2.75, 3.05) is 53.9 Å². The van der Waals surface area contributed by atoms with Gasteiger partial charge in [-0.15, -0.1) is 0 Å². The van der Waals surface area contributed by atoms with Crippen molar-refractivity contribution in [3.63, 3.8) is 0 Å². The molecule has 0 bridgehead atoms. The minimum atomic E-state index is -1.79. The minimum Gasteiger partial charge on any atom is -0.489 e. The lowest BCUT2D eigenvalue weighted by Crippen LogP contribution is -2.18. The average molecular weight is 963 g/mol. The van der Waals surface area contributed by atoms with Crippen molar-refractivity contribution in [3.8, 4) is 67.9 Å². The lowest BCUT2D eigenvalue weighted by atomic mass is 9.83. The van der Waals surface area contributed by atoms with E-state index in [2.05, 4.69) is 0 Å². The fourth-order valence-corrected chi connectivity index (χ4v) is 7.13. The molecule has 0 saturated heterocycles. The second-order valence-corrected chi connectivity index (χ2v) is 15.9. The summed E-state index contributed by atoms with van der Waals surface area (Å²) < 4.78 is 142. The Bertz CT molecular complexity index is 2130. The van der Waals surface area contributed by atoms with Gasteiger partial charge in [0, 0.05) is 22.3 Å². The summed E-state index contributed by atoms with van der Waals surface area (Å²) >= 11 is 0. The molecule has 0 aliphatic carbocycles. The molecule has 4 aromatic carbocycles. The van der Waals surface area contributed by atoms with Crippen LogP contribution in [0.5, 0.6) is 34.5 Å². The van der Waals surface area contributed by atoms with Gasteiger partial charge in [0.1, 0.15) is 0 Å². The van der Waals surface area contributed by atoms with Gasteiger partial charge < -0.3 is 37.9 Å². The largest absolute Gasteiger partial charge is 0.489 e. The van der Waals surface area contributed by atoms with Crippen LogP contribution >= 0.6 is 0 Å². The normalized spacial score (nSPS) is 11.1. The molecule has 0 aliphatic rings. The van der Waals surface area contributed by atoms with Crippen LogP contribution in [0.15, 0.2) is 24.3 Å². The molecule has 0 radical (unpaired) electrons. The van der Waals surface area contributed by atoms with Gasteiger partial charge in [0.15, 0.2) is 57.9 Å². The van der Waals surface area contributed by atoms with Gasteiger partial charge in [0.2, 0.25) is 11.5 Å². The topological polar surface area (TPSA) is 108 Å². The lowest BCUT2D eigenvalue weighted by Gasteiger charge is -2.30. The number of esters is 2. The molecule has 0 saturated carbocycles. The Morgan fingerprint density at radius 2 is 0.588 bits per heavy atom. The van der Waals surface area contributed by atoms with Crippen LogP contribution in [0, 0.1) is 34.9 Å². The Kier molecular flexibility index (Phi) is 22.0. The summed E-state index contributed by atoms with van der Waals surface area (Å²) in [7, 11) is 2.09. The van der Waals surface area contributed by atoms with Gasteiger partial charge in [0.05, 0.1) is 65.0 Å². The lowest BCUT2D eigenvalue weighted by molar-refractivity contribution is 0.0589. The van der Waals surface area contributed by atoms with Crippen molar-refractivity contribution >= 4 is 11.9 Å². The van der Waals surface area contributed by atoms with E-state index in [4.69, 9.17) is 37.9 Å². The summed E-state index contributed by atoms with van der Waals surface area (Å²) in [5, 5.41) is 0. The zero-order valence-electron chi connectivity index (χ0n) is 40.4. The van der Waals surface area contributed by atoms with Crippen LogP contribution in [-0.4, -0.2) is 65.8 Å². The second kappa shape index (κ2) is 27.3. The number of methoxy groups -OCH3 is 2. The van der Waals surface area contributed by atoms with Gasteiger partial charge in [-0.05, 0) is 73.9 Å². The highest BCUT2D eigenvalue weighted by molar-refractivity contribution is 6.15. The first-order chi connectivity index (χ1) is 32.8. The van der Waals surface area contributed by atoms with Crippen LogP contribution in [-0.2, 0) is 9.47 Å². The molecule has 374 valence electrons. The van der Waals surface area contributed by atoms with Crippen LogP contribution in [0.2, 0.25) is 0 Å². The molecule has 4 aromatic rings. The average Bonchev–Trinajstić information content (AvgIpc) is 3.32. The fraction of sp³-hybridized carbons (Fsp3) is 0.500. The minimum absolute atomic E-state index is 0.00600. The highest BCUT2D eigenvalue weighted by Crippen LogP contribution is 2.61. The zero-order chi connectivity index (χ0) is 49.9. The number of benzene rings is 4. The monoisotopic (exact) mass is 962 g/mol. The van der Waals surface area contributed by atoms with E-state index in [1.165, 1.54) is 0 Å². The predicted molar refractivity (Wildman–Crippen MR) is 248 cm³/mol. The molecule has 0 atom stereocenters. The number of halogens is 6. The van der Waals surface area contributed by atoms with Crippen LogP contribution in [0.4, 0.5) is 26.3 Å². The Hall–Kier alpha value is -5.80. The molecule has 0 fully saturated rings. The van der Waals surface area contributed by atoms with Gasteiger partial charge in [-0.25, -0.2) is 35.9 Å². The Morgan fingerprint density at radius 3 is 0.809 bits per heavy atom. The molecule has 16 heteroatoms. The first kappa shape index (κ1) is 54.8. The van der Waals surface area contributed by atoms with E-state index in [-0.39, 0.29) is 96.4 Å². The third kappa shape index (κ3) is 12.8. The predicted octanol–water partition coefficient (Wildman–Crippen LogP) is 14.2. The maximum atomic E-state index is 15.6. The summed E-state index contributed by atoms with van der Waals surface area (Å²) in [6, 6.07) is 2.68. The Morgan fingerprint density at radius 1 is 0.368 bits per heavy atom. The summed E-state index contributed by atoms with van der Waals surface area (Å²) in [6.45, 7) is 11.3. The number of rotatable bonds is 29. The Balaban J connectivity index is 2.62. The molecule has 0 spiro atoms. The standard InChI is InChI=1S/C52H64F6O10/c1-9-15-21-63-45-37(31-27-33(53)43(57)34(54)28-31)41(51(59)61-7)39(47(65-23-17-11-3)49(45)67-25-19-13-5)40-42(52(60)62-8)38(32-29-35(55)44(58)36(56)30-32)46(64-22-16-10-2)50(68-26-20-14-6)48(40)66-24-18-12-4/h27-30H,9-26H2,1-8H3. The number of carbonyl (C=O) groups excluding carboxylic acids is 2. The molecule has 68 heavy (non-hydrogen) atoms. The molecule has 0 N–H and O–H groups in total. The Labute approximate surface area is 395 Å². The molecule has 0 amide bonds. The van der Waals surface area contributed by atoms with E-state index in [1.54, 1.807) is 0 Å². The highest BCUT2D eigenvalue weighted by atomic mass is 19.2. The maximum absolute atomic E-state index is 15.6. The first-order valence-corrected chi connectivity index (χ1v) is 23.5. The summed E-state index contributed by atoms with van der Waals surface area (Å²) in [5.74, 6) is -13.7. The van der Waals surface area contributed by atoms with Crippen molar-refractivity contribution < 1.29 is 73.8 Å². The molecule has 0 heterocycles. The van der Waals surface area contributed by atoms with Gasteiger partial charge >= 0.3 is 11.9 Å². The number of hydrogen-bond acceptors (Lipinski definition) is 10. The molecule has 4 rings (SSSR count). The summed E-state index contributed by atoms with van der Waals surface area (Å²) in [5.41, 5.74) is -3.31. The van der Waals surface area contributed by atoms with E-state index in [0.29, 0.717) is 101 Å². The molecular weight excluding hydrogens is 899 g/mol. The van der Waals surface area contributed by atoms with Crippen LogP contribution in [0.25, 0.3) is 33.4 Å². The van der Waals surface area contributed by atoms with Crippen molar-refractivity contribution in [3.05, 3.63) is 70.3 Å². The molecule has 0 unspecified atom stereocenters. The molecular formula is C52H64F6O10. The van der Waals surface area contributed by atoms with Crippen molar-refractivity contribution in [1.82, 2.24) is 0 Å². The number of carbonyl (C=O) groups is 2. The van der Waals surface area contributed by atoms with E-state index in [0.717, 1.165) is 14.2 Å². The number of ether oxygens (including phenoxy) is 8. The third-order valence-corrected chi connectivity index (χ3v) is 10.8. The van der Waals surface area contributed by atoms with Gasteiger partial charge in [0.25, 0.3) is 0 Å². The smallest absolute Gasteiger partial charge is 0.339 e. The molecule has 0 aliphatic heterocycles. The fourth-order valence-electron chi connectivity index (χ4n) is 7.13. The summed E-state index contributed by atoms with van der Waals surface area (Å²) in [4.78, 5) is 29.9. The quantitative estimate of drug-likeness (QED) is 0.0226.